The summed E-state index contributed by atoms with van der Waals surface area (Å²) in [5, 5.41) is 0. The minimum atomic E-state index is -2.42. The van der Waals surface area contributed by atoms with E-state index in [1.807, 2.05) is 0 Å². The zero-order valence-corrected chi connectivity index (χ0v) is 16.9. The number of ether oxygens (including phenoxy) is 1. The Bertz CT molecular complexity index is 444. The minimum absolute atomic E-state index is 0. The molecule has 0 amide bonds. The molecule has 104 valence electrons. The molecule has 1 unspecified atom stereocenters. The predicted molar refractivity (Wildman–Crippen MR) is 70.4 cm³/mol. The van der Waals surface area contributed by atoms with Crippen LogP contribution in [0, 0.1) is 12.3 Å². The van der Waals surface area contributed by atoms with Crippen molar-refractivity contribution in [2.45, 2.75) is 51.1 Å². The van der Waals surface area contributed by atoms with Crippen molar-refractivity contribution in [3.8, 4) is 5.75 Å². The van der Waals surface area contributed by atoms with Gasteiger partial charge >= 0.3 is 58.2 Å². The summed E-state index contributed by atoms with van der Waals surface area (Å²) in [5.41, 5.74) is 1.14. The Labute approximate surface area is 168 Å². The molecular formula is C16H19F2ORb. The Morgan fingerprint density at radius 1 is 1.15 bits per heavy atom. The Kier molecular flexibility index (Phi) is 6.65. The van der Waals surface area contributed by atoms with Crippen molar-refractivity contribution in [1.82, 2.24) is 0 Å². The molecule has 1 saturated carbocycles. The number of fused-ring (bicyclic) bond motifs is 1. The van der Waals surface area contributed by atoms with Gasteiger partial charge in [0.25, 0.3) is 6.43 Å². The number of aryl methyl sites for hydroxylation is 1. The van der Waals surface area contributed by atoms with Crippen LogP contribution in [0.3, 0.4) is 0 Å². The molecule has 3 rings (SSSR count). The van der Waals surface area contributed by atoms with E-state index in [4.69, 9.17) is 4.74 Å². The molecule has 4 heteroatoms. The monoisotopic (exact) mass is 350 g/mol. The first-order valence-electron chi connectivity index (χ1n) is 7.13. The zero-order valence-electron chi connectivity index (χ0n) is 11.9. The van der Waals surface area contributed by atoms with Crippen molar-refractivity contribution >= 4 is 0 Å². The van der Waals surface area contributed by atoms with Gasteiger partial charge in [-0.25, -0.2) is 8.78 Å². The Hall–Kier alpha value is 0.685. The van der Waals surface area contributed by atoms with Crippen LogP contribution in [0.5, 0.6) is 5.75 Å². The average Bonchev–Trinajstić information content (AvgIpc) is 2.47. The van der Waals surface area contributed by atoms with Crippen LogP contribution in [0.25, 0.3) is 0 Å². The molecule has 1 aliphatic carbocycles. The number of benzene rings is 1. The van der Waals surface area contributed by atoms with E-state index in [-0.39, 0.29) is 69.9 Å². The summed E-state index contributed by atoms with van der Waals surface area (Å²) in [4.78, 5) is 0. The molecule has 1 atom stereocenters. The van der Waals surface area contributed by atoms with Crippen LogP contribution in [0.2, 0.25) is 0 Å². The van der Waals surface area contributed by atoms with Crippen molar-refractivity contribution in [2.24, 2.45) is 5.92 Å². The second kappa shape index (κ2) is 7.80. The summed E-state index contributed by atoms with van der Waals surface area (Å²) in [6.07, 6.45) is 6.77. The van der Waals surface area contributed by atoms with E-state index in [0.29, 0.717) is 11.7 Å². The van der Waals surface area contributed by atoms with Crippen LogP contribution in [0.4, 0.5) is 8.78 Å². The molecule has 0 N–H and O–H groups in total. The van der Waals surface area contributed by atoms with Crippen LogP contribution in [0.15, 0.2) is 18.2 Å². The quantitative estimate of drug-likeness (QED) is 0.738. The van der Waals surface area contributed by atoms with E-state index < -0.39 is 6.43 Å². The normalized spacial score (nSPS) is 22.9. The largest absolute Gasteiger partial charge is 1.00 e. The molecule has 1 fully saturated rings. The molecule has 1 aromatic rings. The molecule has 0 spiro atoms. The molecule has 2 aliphatic rings. The van der Waals surface area contributed by atoms with Crippen molar-refractivity contribution in [3.05, 3.63) is 35.7 Å². The van der Waals surface area contributed by atoms with Crippen molar-refractivity contribution < 1.29 is 71.7 Å². The van der Waals surface area contributed by atoms with Crippen molar-refractivity contribution in [1.29, 1.82) is 0 Å². The van der Waals surface area contributed by atoms with Gasteiger partial charge in [0.2, 0.25) is 0 Å². The van der Waals surface area contributed by atoms with Crippen LogP contribution < -0.4 is 62.9 Å². The van der Waals surface area contributed by atoms with Gasteiger partial charge in [-0.3, -0.25) is 0 Å². The van der Waals surface area contributed by atoms with E-state index in [0.717, 1.165) is 31.2 Å². The minimum Gasteiger partial charge on any atom is -0.490 e. The third kappa shape index (κ3) is 3.91. The van der Waals surface area contributed by atoms with Gasteiger partial charge < -0.3 is 11.2 Å². The van der Waals surface area contributed by atoms with Crippen LogP contribution in [-0.4, -0.2) is 6.10 Å². The second-order valence-electron chi connectivity index (χ2n) is 5.57. The standard InChI is InChI=1S/C16H19F2O.Rb/c17-16(18)13-7-6-12-8-9-14(19-15(12)10-13)11-4-2-1-3-5-11;/h1,6-7,10-11,14,16H,2-5,8-9H2;/q-1;+1. The second-order valence-corrected chi connectivity index (χ2v) is 5.57. The summed E-state index contributed by atoms with van der Waals surface area (Å²) in [7, 11) is 0. The number of alkyl halides is 2. The molecule has 0 aromatic heterocycles. The Balaban J connectivity index is 0.00000147. The maximum Gasteiger partial charge on any atom is 1.00 e. The fraction of sp³-hybridized carbons (Fsp3) is 0.562. The molecule has 1 aliphatic heterocycles. The molecule has 1 aromatic carbocycles. The molecule has 20 heavy (non-hydrogen) atoms. The van der Waals surface area contributed by atoms with Crippen LogP contribution in [0.1, 0.15) is 49.7 Å². The fourth-order valence-electron chi connectivity index (χ4n) is 3.20. The summed E-state index contributed by atoms with van der Waals surface area (Å²) in [5.74, 6) is 1.27. The van der Waals surface area contributed by atoms with Gasteiger partial charge in [0.05, 0.1) is 0 Å². The molecule has 0 radical (unpaired) electrons. The maximum atomic E-state index is 12.7. The zero-order chi connectivity index (χ0) is 13.2. The van der Waals surface area contributed by atoms with Crippen molar-refractivity contribution in [3.63, 3.8) is 0 Å². The van der Waals surface area contributed by atoms with Gasteiger partial charge in [-0.05, 0) is 30.4 Å². The third-order valence-corrected chi connectivity index (χ3v) is 4.33. The van der Waals surface area contributed by atoms with Gasteiger partial charge in [-0.2, -0.15) is 12.8 Å². The predicted octanol–water partition coefficient (Wildman–Crippen LogP) is 1.72. The van der Waals surface area contributed by atoms with Crippen LogP contribution >= 0.6 is 0 Å². The smallest absolute Gasteiger partial charge is 0.490 e. The van der Waals surface area contributed by atoms with Gasteiger partial charge in [-0.15, -0.1) is 0 Å². The summed E-state index contributed by atoms with van der Waals surface area (Å²) in [6.45, 7) is 0. The molecule has 1 heterocycles. The van der Waals surface area contributed by atoms with Crippen molar-refractivity contribution in [2.75, 3.05) is 0 Å². The first-order valence-corrected chi connectivity index (χ1v) is 7.13. The number of hydrogen-bond acceptors (Lipinski definition) is 1. The SMILES string of the molecule is FC(F)c1ccc2c(c1)OC(C1CC[CH-]CC1)CC2.[Rb+]. The third-order valence-electron chi connectivity index (χ3n) is 4.33. The van der Waals surface area contributed by atoms with Gasteiger partial charge in [0.15, 0.2) is 0 Å². The first-order chi connectivity index (χ1) is 9.24. The topological polar surface area (TPSA) is 9.23 Å². The van der Waals surface area contributed by atoms with Crippen LogP contribution in [-0.2, 0) is 6.42 Å². The summed E-state index contributed by atoms with van der Waals surface area (Å²) in [6, 6.07) is 4.84. The number of hydrogen-bond donors (Lipinski definition) is 0. The number of rotatable bonds is 2. The Morgan fingerprint density at radius 3 is 2.60 bits per heavy atom. The van der Waals surface area contributed by atoms with Gasteiger partial charge in [0.1, 0.15) is 11.9 Å². The number of halogens is 2. The molecule has 0 saturated heterocycles. The summed E-state index contributed by atoms with van der Waals surface area (Å²) < 4.78 is 31.5. The van der Waals surface area contributed by atoms with E-state index in [1.54, 1.807) is 6.07 Å². The van der Waals surface area contributed by atoms with Gasteiger partial charge in [-0.1, -0.05) is 25.0 Å². The molecule has 1 nitrogen and oxygen atoms in total. The first kappa shape index (κ1) is 17.0. The van der Waals surface area contributed by atoms with E-state index in [2.05, 4.69) is 6.42 Å². The Morgan fingerprint density at radius 2 is 1.90 bits per heavy atom. The van der Waals surface area contributed by atoms with E-state index in [1.165, 1.54) is 25.0 Å². The van der Waals surface area contributed by atoms with Gasteiger partial charge in [0, 0.05) is 5.56 Å². The molecular weight excluding hydrogens is 332 g/mol. The van der Waals surface area contributed by atoms with E-state index >= 15 is 0 Å². The fourth-order valence-corrected chi connectivity index (χ4v) is 3.20. The average molecular weight is 351 g/mol. The van der Waals surface area contributed by atoms with E-state index in [9.17, 15) is 8.78 Å². The maximum absolute atomic E-state index is 12.7. The molecule has 0 bridgehead atoms. The summed E-state index contributed by atoms with van der Waals surface area (Å²) >= 11 is 0.